The van der Waals surface area contributed by atoms with Crippen molar-refractivity contribution in [3.63, 3.8) is 0 Å². The van der Waals surface area contributed by atoms with Gasteiger partial charge in [0.2, 0.25) is 11.8 Å². The van der Waals surface area contributed by atoms with Crippen molar-refractivity contribution in [2.75, 3.05) is 18.5 Å². The number of carbonyl (C=O) groups excluding carboxylic acids is 3. The summed E-state index contributed by atoms with van der Waals surface area (Å²) in [5, 5.41) is 13.7. The smallest absolute Gasteiger partial charge is 0.311 e. The number of esters is 1. The number of rotatable bonds is 8. The largest absolute Gasteiger partial charge is 0.466 e. The van der Waals surface area contributed by atoms with E-state index in [4.69, 9.17) is 16.3 Å². The number of anilines is 1. The lowest BCUT2D eigenvalue weighted by atomic mass is 9.66. The van der Waals surface area contributed by atoms with Gasteiger partial charge < -0.3 is 20.1 Å². The van der Waals surface area contributed by atoms with Gasteiger partial charge in [0.15, 0.2) is 0 Å². The van der Waals surface area contributed by atoms with Crippen molar-refractivity contribution in [3.8, 4) is 0 Å². The summed E-state index contributed by atoms with van der Waals surface area (Å²) in [6.07, 6.45) is 1.89. The summed E-state index contributed by atoms with van der Waals surface area (Å²) in [6, 6.07) is 4.03. The Morgan fingerprint density at radius 2 is 2.06 bits per heavy atom. The van der Waals surface area contributed by atoms with Crippen LogP contribution in [-0.2, 0) is 19.1 Å². The van der Waals surface area contributed by atoms with Crippen LogP contribution in [0.1, 0.15) is 52.5 Å². The van der Waals surface area contributed by atoms with Gasteiger partial charge in [-0.25, -0.2) is 0 Å². The predicted octanol–water partition coefficient (Wildman–Crippen LogP) is 4.04. The fourth-order valence-electron chi connectivity index (χ4n) is 6.45. The molecule has 0 radical (unpaired) electrons. The highest BCUT2D eigenvalue weighted by Gasteiger charge is 2.78. The number of aliphatic hydroxyl groups is 1. The maximum Gasteiger partial charge on any atom is 0.311 e. The van der Waals surface area contributed by atoms with Crippen LogP contribution in [0.4, 0.5) is 5.69 Å². The molecule has 4 rings (SSSR count). The summed E-state index contributed by atoms with van der Waals surface area (Å²) in [5.74, 6) is -2.05. The number of carbonyl (C=O) groups is 3. The highest BCUT2D eigenvalue weighted by atomic mass is 35.5. The molecule has 3 aliphatic rings. The summed E-state index contributed by atoms with van der Waals surface area (Å²) in [7, 11) is 0. The van der Waals surface area contributed by atoms with Crippen LogP contribution in [0.25, 0.3) is 0 Å². The van der Waals surface area contributed by atoms with Gasteiger partial charge in [0.1, 0.15) is 6.04 Å². The SMILES string of the molecule is CCOC(=O)[C@H]1[C@H]2C(=O)N([C@@H](CO)CC(C)C)C(C(=O)Nc3c(C)cccc3Cl)C23CC[C@]1(C)S3. The molecule has 0 saturated carbocycles. The standard InChI is InChI=1S/C26H35ClN2O5S/c1-6-34-24(33)19-18-23(32)29(16(13-30)12-14(2)3)21(26(18)11-10-25(19,5)35-26)22(31)28-20-15(4)8-7-9-17(20)27/h7-9,14,16,18-19,21,30H,6,10-13H2,1-5H3,(H,28,31)/t16-,18+,19-,21?,25+,26?/m1/s1. The Kier molecular flexibility index (Phi) is 7.21. The third kappa shape index (κ3) is 4.15. The van der Waals surface area contributed by atoms with Gasteiger partial charge in [0.25, 0.3) is 0 Å². The average molecular weight is 523 g/mol. The van der Waals surface area contributed by atoms with E-state index in [2.05, 4.69) is 5.32 Å². The number of nitrogens with one attached hydrogen (secondary N) is 1. The Balaban J connectivity index is 1.80. The molecule has 3 fully saturated rings. The maximum atomic E-state index is 14.1. The van der Waals surface area contributed by atoms with E-state index < -0.39 is 33.4 Å². The number of likely N-dealkylation sites (tertiary alicyclic amines) is 1. The molecule has 0 aliphatic carbocycles. The number of aryl methyl sites for hydroxylation is 1. The molecule has 3 saturated heterocycles. The lowest BCUT2D eigenvalue weighted by Crippen LogP contribution is -2.55. The van der Waals surface area contributed by atoms with Crippen molar-refractivity contribution in [2.45, 2.75) is 75.5 Å². The van der Waals surface area contributed by atoms with Crippen molar-refractivity contribution in [3.05, 3.63) is 28.8 Å². The van der Waals surface area contributed by atoms with Crippen molar-refractivity contribution >= 4 is 46.8 Å². The molecule has 7 nitrogen and oxygen atoms in total. The molecule has 35 heavy (non-hydrogen) atoms. The zero-order valence-electron chi connectivity index (χ0n) is 21.0. The third-order valence-electron chi connectivity index (χ3n) is 7.82. The van der Waals surface area contributed by atoms with Gasteiger partial charge in [-0.3, -0.25) is 14.4 Å². The van der Waals surface area contributed by atoms with Gasteiger partial charge >= 0.3 is 5.97 Å². The van der Waals surface area contributed by atoms with Crippen LogP contribution < -0.4 is 5.32 Å². The van der Waals surface area contributed by atoms with E-state index >= 15 is 0 Å². The monoisotopic (exact) mass is 522 g/mol. The maximum absolute atomic E-state index is 14.1. The zero-order chi connectivity index (χ0) is 25.7. The number of fused-ring (bicyclic) bond motifs is 1. The fraction of sp³-hybridized carbons (Fsp3) is 0.654. The zero-order valence-corrected chi connectivity index (χ0v) is 22.5. The molecule has 1 aromatic carbocycles. The van der Waals surface area contributed by atoms with Gasteiger partial charge in [-0.2, -0.15) is 0 Å². The molecule has 2 unspecified atom stereocenters. The lowest BCUT2D eigenvalue weighted by molar-refractivity contribution is -0.155. The van der Waals surface area contributed by atoms with Crippen LogP contribution in [-0.4, -0.2) is 62.6 Å². The first-order chi connectivity index (χ1) is 16.5. The Hall–Kier alpha value is -1.77. The minimum Gasteiger partial charge on any atom is -0.466 e. The van der Waals surface area contributed by atoms with Gasteiger partial charge in [-0.05, 0) is 57.6 Å². The molecule has 2 N–H and O–H groups in total. The first kappa shape index (κ1) is 26.3. The summed E-state index contributed by atoms with van der Waals surface area (Å²) < 4.78 is 4.16. The second kappa shape index (κ2) is 9.60. The van der Waals surface area contributed by atoms with Crippen LogP contribution in [0.3, 0.4) is 0 Å². The molecule has 192 valence electrons. The molecule has 1 aromatic rings. The first-order valence-corrected chi connectivity index (χ1v) is 13.6. The van der Waals surface area contributed by atoms with E-state index in [0.29, 0.717) is 30.0 Å². The molecule has 3 aliphatic heterocycles. The Morgan fingerprint density at radius 3 is 2.66 bits per heavy atom. The normalized spacial score (nSPS) is 32.2. The number of para-hydroxylation sites is 1. The number of halogens is 1. The molecule has 0 aromatic heterocycles. The van der Waals surface area contributed by atoms with Crippen LogP contribution >= 0.6 is 23.4 Å². The molecular formula is C26H35ClN2O5S. The number of hydrogen-bond acceptors (Lipinski definition) is 6. The second-order valence-electron chi connectivity index (χ2n) is 10.6. The van der Waals surface area contributed by atoms with Crippen molar-refractivity contribution in [1.82, 2.24) is 4.90 Å². The summed E-state index contributed by atoms with van der Waals surface area (Å²) in [6.45, 7) is 9.65. The van der Waals surface area contributed by atoms with E-state index in [1.807, 2.05) is 39.8 Å². The number of hydrogen-bond donors (Lipinski definition) is 2. The number of thioether (sulfide) groups is 1. The van der Waals surface area contributed by atoms with E-state index in [9.17, 15) is 19.5 Å². The Bertz CT molecular complexity index is 1010. The van der Waals surface area contributed by atoms with Gasteiger partial charge in [-0.15, -0.1) is 11.8 Å². The van der Waals surface area contributed by atoms with Gasteiger partial charge in [-0.1, -0.05) is 37.6 Å². The van der Waals surface area contributed by atoms with E-state index in [1.54, 1.807) is 29.7 Å². The van der Waals surface area contributed by atoms with Crippen LogP contribution in [0.2, 0.25) is 5.02 Å². The minimum atomic E-state index is -0.835. The average Bonchev–Trinajstić information content (AvgIpc) is 3.35. The molecule has 2 amide bonds. The van der Waals surface area contributed by atoms with Crippen LogP contribution in [0.15, 0.2) is 18.2 Å². The molecule has 9 heteroatoms. The van der Waals surface area contributed by atoms with Crippen LogP contribution in [0.5, 0.6) is 0 Å². The summed E-state index contributed by atoms with van der Waals surface area (Å²) in [4.78, 5) is 42.9. The molecule has 6 atom stereocenters. The van der Waals surface area contributed by atoms with Crippen molar-refractivity contribution in [2.24, 2.45) is 17.8 Å². The number of amides is 2. The minimum absolute atomic E-state index is 0.203. The second-order valence-corrected chi connectivity index (χ2v) is 12.9. The molecule has 1 spiro atoms. The molecule has 2 bridgehead atoms. The highest BCUT2D eigenvalue weighted by molar-refractivity contribution is 8.02. The Labute approximate surface area is 216 Å². The summed E-state index contributed by atoms with van der Waals surface area (Å²) >= 11 is 8.00. The van der Waals surface area contributed by atoms with Crippen molar-refractivity contribution < 1.29 is 24.2 Å². The predicted molar refractivity (Wildman–Crippen MR) is 137 cm³/mol. The van der Waals surface area contributed by atoms with Gasteiger partial charge in [0, 0.05) is 4.75 Å². The van der Waals surface area contributed by atoms with Crippen LogP contribution in [0, 0.1) is 24.7 Å². The summed E-state index contributed by atoms with van der Waals surface area (Å²) in [5.41, 5.74) is 1.33. The fourth-order valence-corrected chi connectivity index (χ4v) is 9.05. The quantitative estimate of drug-likeness (QED) is 0.500. The number of aliphatic hydroxyl groups excluding tert-OH is 1. The van der Waals surface area contributed by atoms with E-state index in [0.717, 1.165) is 5.56 Å². The van der Waals surface area contributed by atoms with Gasteiger partial charge in [0.05, 0.1) is 46.5 Å². The molecular weight excluding hydrogens is 488 g/mol. The van der Waals surface area contributed by atoms with E-state index in [-0.39, 0.29) is 36.9 Å². The molecule has 3 heterocycles. The van der Waals surface area contributed by atoms with Crippen molar-refractivity contribution in [1.29, 1.82) is 0 Å². The van der Waals surface area contributed by atoms with E-state index in [1.165, 1.54) is 0 Å². The number of benzene rings is 1. The number of ether oxygens (including phenoxy) is 1. The number of nitrogens with zero attached hydrogens (tertiary/aromatic N) is 1. The highest BCUT2D eigenvalue weighted by Crippen LogP contribution is 2.71. The topological polar surface area (TPSA) is 95.9 Å². The lowest BCUT2D eigenvalue weighted by Gasteiger charge is -2.37. The third-order valence-corrected chi connectivity index (χ3v) is 10.1. The first-order valence-electron chi connectivity index (χ1n) is 12.4. The Morgan fingerprint density at radius 1 is 1.34 bits per heavy atom.